The Bertz CT molecular complexity index is 316. The minimum atomic E-state index is -4.47. The molecule has 0 aromatic rings. The first kappa shape index (κ1) is 14.7. The van der Waals surface area contributed by atoms with E-state index in [0.717, 1.165) is 7.11 Å². The monoisotopic (exact) mass is 268 g/mol. The van der Waals surface area contributed by atoms with Gasteiger partial charge in [0.25, 0.3) is 0 Å². The highest BCUT2D eigenvalue weighted by molar-refractivity contribution is 5.81. The molecule has 0 aromatic heterocycles. The molecule has 18 heavy (non-hydrogen) atoms. The van der Waals surface area contributed by atoms with Crippen LogP contribution in [-0.2, 0) is 14.3 Å². The van der Waals surface area contributed by atoms with Gasteiger partial charge in [-0.1, -0.05) is 0 Å². The molecule has 104 valence electrons. The zero-order valence-electron chi connectivity index (χ0n) is 9.92. The van der Waals surface area contributed by atoms with Crippen molar-refractivity contribution in [3.63, 3.8) is 0 Å². The van der Waals surface area contributed by atoms with Gasteiger partial charge < -0.3 is 15.0 Å². The van der Waals surface area contributed by atoms with Crippen LogP contribution in [0.3, 0.4) is 0 Å². The lowest BCUT2D eigenvalue weighted by Crippen LogP contribution is -2.54. The molecule has 1 aliphatic rings. The predicted octanol–water partition coefficient (Wildman–Crippen LogP) is 0.160. The highest BCUT2D eigenvalue weighted by atomic mass is 19.4. The summed E-state index contributed by atoms with van der Waals surface area (Å²) in [5, 5.41) is 2.82. The second-order valence-electron chi connectivity index (χ2n) is 4.06. The van der Waals surface area contributed by atoms with E-state index in [4.69, 9.17) is 0 Å². The van der Waals surface area contributed by atoms with Gasteiger partial charge in [0.05, 0.1) is 19.4 Å². The third kappa shape index (κ3) is 4.52. The lowest BCUT2D eigenvalue weighted by molar-refractivity contribution is -0.166. The number of carbonyl (C=O) groups excluding carboxylic acids is 2. The van der Waals surface area contributed by atoms with Gasteiger partial charge in [0.2, 0.25) is 5.91 Å². The molecule has 1 saturated heterocycles. The number of ether oxygens (including phenoxy) is 1. The van der Waals surface area contributed by atoms with Gasteiger partial charge >= 0.3 is 12.1 Å². The van der Waals surface area contributed by atoms with Gasteiger partial charge in [-0.25, -0.2) is 0 Å². The molecule has 0 bridgehead atoms. The highest BCUT2D eigenvalue weighted by Gasteiger charge is 2.37. The second kappa shape index (κ2) is 6.03. The summed E-state index contributed by atoms with van der Waals surface area (Å²) in [6.07, 6.45) is -4.71. The lowest BCUT2D eigenvalue weighted by atomic mass is 10.0. The topological polar surface area (TPSA) is 58.6 Å². The second-order valence-corrected chi connectivity index (χ2v) is 4.06. The molecule has 1 aliphatic heterocycles. The van der Waals surface area contributed by atoms with Gasteiger partial charge in [-0.05, 0) is 0 Å². The number of nitrogens with one attached hydrogen (secondary N) is 1. The Hall–Kier alpha value is -1.31. The van der Waals surface area contributed by atoms with Crippen molar-refractivity contribution in [2.45, 2.75) is 12.6 Å². The van der Waals surface area contributed by atoms with Crippen molar-refractivity contribution in [3.05, 3.63) is 0 Å². The standard InChI is InChI=1S/C10H15F3N2O3/c1-18-8(16)2-3-15(6-10(11,12)13)9(17)7-4-14-5-7/h7,14H,2-6H2,1H3. The number of amides is 1. The van der Waals surface area contributed by atoms with Crippen molar-refractivity contribution in [1.82, 2.24) is 10.2 Å². The molecule has 0 aromatic carbocycles. The van der Waals surface area contributed by atoms with E-state index < -0.39 is 30.5 Å². The number of rotatable bonds is 5. The summed E-state index contributed by atoms with van der Waals surface area (Å²) in [6, 6.07) is 0. The first-order valence-electron chi connectivity index (χ1n) is 5.46. The van der Waals surface area contributed by atoms with Crippen LogP contribution in [0, 0.1) is 5.92 Å². The van der Waals surface area contributed by atoms with E-state index in [9.17, 15) is 22.8 Å². The Morgan fingerprint density at radius 3 is 2.39 bits per heavy atom. The molecule has 1 rings (SSSR count). The third-order valence-corrected chi connectivity index (χ3v) is 2.63. The number of alkyl halides is 3. The Morgan fingerprint density at radius 2 is 2.00 bits per heavy atom. The normalized spacial score (nSPS) is 16.0. The SMILES string of the molecule is COC(=O)CCN(CC(F)(F)F)C(=O)C1CNC1. The van der Waals surface area contributed by atoms with E-state index in [1.807, 2.05) is 0 Å². The molecular weight excluding hydrogens is 253 g/mol. The molecule has 0 aliphatic carbocycles. The fraction of sp³-hybridized carbons (Fsp3) is 0.800. The summed E-state index contributed by atoms with van der Waals surface area (Å²) >= 11 is 0. The molecule has 8 heteroatoms. The maximum absolute atomic E-state index is 12.3. The van der Waals surface area contributed by atoms with Crippen LogP contribution < -0.4 is 5.32 Å². The van der Waals surface area contributed by atoms with Crippen molar-refractivity contribution in [3.8, 4) is 0 Å². The van der Waals surface area contributed by atoms with Crippen LogP contribution in [0.15, 0.2) is 0 Å². The molecule has 0 atom stereocenters. The molecule has 1 amide bonds. The van der Waals surface area contributed by atoms with E-state index in [-0.39, 0.29) is 13.0 Å². The number of carbonyl (C=O) groups is 2. The average molecular weight is 268 g/mol. The van der Waals surface area contributed by atoms with Crippen molar-refractivity contribution in [2.75, 3.05) is 33.3 Å². The summed E-state index contributed by atoms with van der Waals surface area (Å²) in [5.41, 5.74) is 0. The molecule has 1 heterocycles. The predicted molar refractivity (Wildman–Crippen MR) is 55.6 cm³/mol. The van der Waals surface area contributed by atoms with Crippen LogP contribution in [0.5, 0.6) is 0 Å². The molecule has 1 fully saturated rings. The van der Waals surface area contributed by atoms with E-state index in [2.05, 4.69) is 10.1 Å². The van der Waals surface area contributed by atoms with Crippen molar-refractivity contribution in [1.29, 1.82) is 0 Å². The van der Waals surface area contributed by atoms with Gasteiger partial charge in [-0.3, -0.25) is 9.59 Å². The summed E-state index contributed by atoms with van der Waals surface area (Å²) < 4.78 is 41.3. The van der Waals surface area contributed by atoms with Crippen molar-refractivity contribution >= 4 is 11.9 Å². The van der Waals surface area contributed by atoms with Crippen molar-refractivity contribution < 1.29 is 27.5 Å². The number of esters is 1. The summed E-state index contributed by atoms with van der Waals surface area (Å²) in [6.45, 7) is -0.850. The van der Waals surface area contributed by atoms with Gasteiger partial charge in [-0.2, -0.15) is 13.2 Å². The Balaban J connectivity index is 2.56. The first-order valence-corrected chi connectivity index (χ1v) is 5.46. The maximum Gasteiger partial charge on any atom is 0.406 e. The molecule has 0 radical (unpaired) electrons. The van der Waals surface area contributed by atoms with Crippen LogP contribution in [0.4, 0.5) is 13.2 Å². The third-order valence-electron chi connectivity index (χ3n) is 2.63. The molecular formula is C10H15F3N2O3. The van der Waals surface area contributed by atoms with E-state index in [1.54, 1.807) is 0 Å². The van der Waals surface area contributed by atoms with E-state index in [1.165, 1.54) is 0 Å². The quantitative estimate of drug-likeness (QED) is 0.722. The van der Waals surface area contributed by atoms with Crippen LogP contribution >= 0.6 is 0 Å². The highest BCUT2D eigenvalue weighted by Crippen LogP contribution is 2.19. The van der Waals surface area contributed by atoms with Crippen LogP contribution in [0.2, 0.25) is 0 Å². The number of nitrogens with zero attached hydrogens (tertiary/aromatic N) is 1. The Morgan fingerprint density at radius 1 is 1.39 bits per heavy atom. The minimum Gasteiger partial charge on any atom is -0.469 e. The summed E-state index contributed by atoms with van der Waals surface area (Å²) in [4.78, 5) is 23.3. The number of halogens is 3. The number of hydrogen-bond acceptors (Lipinski definition) is 4. The maximum atomic E-state index is 12.3. The first-order chi connectivity index (χ1) is 8.33. The number of methoxy groups -OCH3 is 1. The van der Waals surface area contributed by atoms with Crippen LogP contribution in [0.1, 0.15) is 6.42 Å². The Labute approximate surface area is 102 Å². The molecule has 0 unspecified atom stereocenters. The van der Waals surface area contributed by atoms with Gasteiger partial charge in [0, 0.05) is 19.6 Å². The zero-order valence-corrected chi connectivity index (χ0v) is 9.92. The molecule has 0 saturated carbocycles. The summed E-state index contributed by atoms with van der Waals surface area (Å²) in [5.74, 6) is -1.64. The lowest BCUT2D eigenvalue weighted by Gasteiger charge is -2.32. The smallest absolute Gasteiger partial charge is 0.406 e. The molecule has 1 N–H and O–H groups in total. The van der Waals surface area contributed by atoms with Crippen molar-refractivity contribution in [2.24, 2.45) is 5.92 Å². The number of hydrogen-bond donors (Lipinski definition) is 1. The van der Waals surface area contributed by atoms with E-state index >= 15 is 0 Å². The fourth-order valence-corrected chi connectivity index (χ4v) is 1.53. The van der Waals surface area contributed by atoms with Crippen LogP contribution in [0.25, 0.3) is 0 Å². The Kier molecular flexibility index (Phi) is 4.94. The molecule has 5 nitrogen and oxygen atoms in total. The largest absolute Gasteiger partial charge is 0.469 e. The molecule has 0 spiro atoms. The van der Waals surface area contributed by atoms with Gasteiger partial charge in [0.1, 0.15) is 6.54 Å². The van der Waals surface area contributed by atoms with Gasteiger partial charge in [-0.15, -0.1) is 0 Å². The van der Waals surface area contributed by atoms with E-state index in [0.29, 0.717) is 18.0 Å². The summed E-state index contributed by atoms with van der Waals surface area (Å²) in [7, 11) is 1.15. The fourth-order valence-electron chi connectivity index (χ4n) is 1.53. The zero-order chi connectivity index (χ0) is 13.8. The van der Waals surface area contributed by atoms with Gasteiger partial charge in [0.15, 0.2) is 0 Å². The average Bonchev–Trinajstić information content (AvgIpc) is 2.19. The minimum absolute atomic E-state index is 0.238. The van der Waals surface area contributed by atoms with Crippen LogP contribution in [-0.4, -0.2) is 56.2 Å².